The molecular weight excluding hydrogens is 236 g/mol. The first-order chi connectivity index (χ1) is 8.20. The standard InChI is InChI=1S/C10H14N6S/c1-7-3-2-4-8(5-7)6-17-10-15-14-9(13-11)16(10)12/h2-5H,6,11-12H2,1H3,(H,13,14). The van der Waals surface area contributed by atoms with Crippen molar-refractivity contribution >= 4 is 17.7 Å². The third kappa shape index (κ3) is 2.69. The Morgan fingerprint density at radius 3 is 2.88 bits per heavy atom. The van der Waals surface area contributed by atoms with Gasteiger partial charge >= 0.3 is 0 Å². The number of nitrogens with two attached hydrogens (primary N) is 2. The van der Waals surface area contributed by atoms with Gasteiger partial charge in [-0.1, -0.05) is 41.6 Å². The van der Waals surface area contributed by atoms with Gasteiger partial charge in [-0.2, -0.15) is 0 Å². The summed E-state index contributed by atoms with van der Waals surface area (Å²) in [4.78, 5) is 0. The number of thioether (sulfide) groups is 1. The lowest BCUT2D eigenvalue weighted by molar-refractivity contribution is 0.846. The minimum absolute atomic E-state index is 0.344. The molecular formula is C10H14N6S. The molecule has 0 fully saturated rings. The number of hydrogen-bond acceptors (Lipinski definition) is 6. The molecule has 0 unspecified atom stereocenters. The Bertz CT molecular complexity index is 509. The molecule has 7 heteroatoms. The van der Waals surface area contributed by atoms with Gasteiger partial charge in [-0.3, -0.25) is 5.43 Å². The average molecular weight is 250 g/mol. The van der Waals surface area contributed by atoms with E-state index in [1.165, 1.54) is 27.6 Å². The summed E-state index contributed by atoms with van der Waals surface area (Å²) < 4.78 is 1.33. The van der Waals surface area contributed by atoms with Crippen LogP contribution >= 0.6 is 11.8 Å². The van der Waals surface area contributed by atoms with Crippen molar-refractivity contribution < 1.29 is 0 Å². The van der Waals surface area contributed by atoms with Gasteiger partial charge < -0.3 is 5.84 Å². The van der Waals surface area contributed by atoms with Crippen LogP contribution < -0.4 is 17.1 Å². The van der Waals surface area contributed by atoms with E-state index in [9.17, 15) is 0 Å². The minimum Gasteiger partial charge on any atom is -0.334 e. The van der Waals surface area contributed by atoms with Crippen LogP contribution in [-0.4, -0.2) is 14.9 Å². The summed E-state index contributed by atoms with van der Waals surface area (Å²) in [6.07, 6.45) is 0. The molecule has 0 amide bonds. The highest BCUT2D eigenvalue weighted by atomic mass is 32.2. The summed E-state index contributed by atoms with van der Waals surface area (Å²) in [5.41, 5.74) is 4.83. The van der Waals surface area contributed by atoms with E-state index in [-0.39, 0.29) is 0 Å². The summed E-state index contributed by atoms with van der Waals surface area (Å²) >= 11 is 1.51. The first-order valence-corrected chi connectivity index (χ1v) is 6.04. The molecule has 0 aliphatic heterocycles. The van der Waals surface area contributed by atoms with E-state index < -0.39 is 0 Å². The predicted molar refractivity (Wildman–Crippen MR) is 68.7 cm³/mol. The van der Waals surface area contributed by atoms with Crippen molar-refractivity contribution in [3.8, 4) is 0 Å². The lowest BCUT2D eigenvalue weighted by Gasteiger charge is -2.03. The molecule has 0 bridgehead atoms. The second kappa shape index (κ2) is 5.07. The molecule has 90 valence electrons. The van der Waals surface area contributed by atoms with Gasteiger partial charge in [0.1, 0.15) is 0 Å². The molecule has 0 aliphatic rings. The summed E-state index contributed by atoms with van der Waals surface area (Å²) in [6, 6.07) is 8.30. The number of nitrogen functional groups attached to an aromatic ring is 2. The maximum atomic E-state index is 5.74. The lowest BCUT2D eigenvalue weighted by Crippen LogP contribution is -2.18. The van der Waals surface area contributed by atoms with Crippen LogP contribution in [0.4, 0.5) is 5.95 Å². The molecule has 2 rings (SSSR count). The van der Waals surface area contributed by atoms with E-state index in [1.807, 2.05) is 6.07 Å². The number of anilines is 1. The lowest BCUT2D eigenvalue weighted by atomic mass is 10.2. The fourth-order valence-electron chi connectivity index (χ4n) is 1.42. The zero-order valence-electron chi connectivity index (χ0n) is 9.42. The van der Waals surface area contributed by atoms with Gasteiger partial charge in [0.25, 0.3) is 5.95 Å². The fraction of sp³-hybridized carbons (Fsp3) is 0.200. The normalized spacial score (nSPS) is 10.5. The summed E-state index contributed by atoms with van der Waals surface area (Å²) in [6.45, 7) is 2.07. The first kappa shape index (κ1) is 11.7. The van der Waals surface area contributed by atoms with Gasteiger partial charge in [0.2, 0.25) is 5.16 Å². The topological polar surface area (TPSA) is 94.8 Å². The van der Waals surface area contributed by atoms with Gasteiger partial charge in [-0.05, 0) is 12.5 Å². The molecule has 0 aliphatic carbocycles. The van der Waals surface area contributed by atoms with Gasteiger partial charge in [-0.25, -0.2) is 10.5 Å². The Kier molecular flexibility index (Phi) is 3.50. The van der Waals surface area contributed by atoms with Crippen LogP contribution in [0.3, 0.4) is 0 Å². The molecule has 1 heterocycles. The molecule has 2 aromatic rings. The minimum atomic E-state index is 0.344. The monoisotopic (exact) mass is 250 g/mol. The zero-order valence-corrected chi connectivity index (χ0v) is 10.2. The van der Waals surface area contributed by atoms with Crippen molar-refractivity contribution in [3.05, 3.63) is 35.4 Å². The maximum absolute atomic E-state index is 5.74. The van der Waals surface area contributed by atoms with Crippen molar-refractivity contribution in [1.82, 2.24) is 14.9 Å². The number of benzene rings is 1. The van der Waals surface area contributed by atoms with Crippen LogP contribution in [0.15, 0.2) is 29.4 Å². The average Bonchev–Trinajstić information content (AvgIpc) is 2.67. The van der Waals surface area contributed by atoms with Crippen molar-refractivity contribution in [2.45, 2.75) is 17.8 Å². The van der Waals surface area contributed by atoms with Crippen molar-refractivity contribution in [2.75, 3.05) is 11.3 Å². The number of rotatable bonds is 4. The second-order valence-electron chi connectivity index (χ2n) is 3.60. The summed E-state index contributed by atoms with van der Waals surface area (Å²) in [7, 11) is 0. The highest BCUT2D eigenvalue weighted by molar-refractivity contribution is 7.98. The van der Waals surface area contributed by atoms with Crippen molar-refractivity contribution in [1.29, 1.82) is 0 Å². The van der Waals surface area contributed by atoms with E-state index in [2.05, 4.69) is 40.7 Å². The highest BCUT2D eigenvalue weighted by Crippen LogP contribution is 2.21. The van der Waals surface area contributed by atoms with Crippen LogP contribution in [0.25, 0.3) is 0 Å². The Labute approximate surface area is 103 Å². The third-order valence-corrected chi connectivity index (χ3v) is 3.26. The Hall–Kier alpha value is -1.73. The first-order valence-electron chi connectivity index (χ1n) is 5.06. The van der Waals surface area contributed by atoms with E-state index in [4.69, 9.17) is 11.7 Å². The van der Waals surface area contributed by atoms with E-state index >= 15 is 0 Å². The van der Waals surface area contributed by atoms with Crippen molar-refractivity contribution in [3.63, 3.8) is 0 Å². The van der Waals surface area contributed by atoms with E-state index in [0.29, 0.717) is 11.1 Å². The molecule has 0 saturated heterocycles. The quantitative estimate of drug-likeness (QED) is 0.423. The van der Waals surface area contributed by atoms with Gasteiger partial charge in [0.05, 0.1) is 0 Å². The second-order valence-corrected chi connectivity index (χ2v) is 4.54. The van der Waals surface area contributed by atoms with E-state index in [0.717, 1.165) is 5.75 Å². The van der Waals surface area contributed by atoms with Crippen LogP contribution in [-0.2, 0) is 5.75 Å². The smallest absolute Gasteiger partial charge is 0.258 e. The van der Waals surface area contributed by atoms with Crippen molar-refractivity contribution in [2.24, 2.45) is 5.84 Å². The predicted octanol–water partition coefficient (Wildman–Crippen LogP) is 0.878. The molecule has 0 spiro atoms. The van der Waals surface area contributed by atoms with Gasteiger partial charge in [-0.15, -0.1) is 10.2 Å². The molecule has 6 nitrogen and oxygen atoms in total. The zero-order chi connectivity index (χ0) is 12.3. The number of aromatic nitrogens is 3. The highest BCUT2D eigenvalue weighted by Gasteiger charge is 2.08. The fourth-order valence-corrected chi connectivity index (χ4v) is 2.22. The maximum Gasteiger partial charge on any atom is 0.258 e. The van der Waals surface area contributed by atoms with E-state index in [1.54, 1.807) is 0 Å². The molecule has 1 aromatic carbocycles. The molecule has 1 aromatic heterocycles. The summed E-state index contributed by atoms with van der Waals surface area (Å²) in [5, 5.41) is 8.35. The molecule has 0 atom stereocenters. The molecule has 17 heavy (non-hydrogen) atoms. The Morgan fingerprint density at radius 2 is 2.24 bits per heavy atom. The van der Waals surface area contributed by atoms with Gasteiger partial charge in [0.15, 0.2) is 0 Å². The SMILES string of the molecule is Cc1cccc(CSc2nnc(NN)n2N)c1. The molecule has 0 radical (unpaired) electrons. The third-order valence-electron chi connectivity index (χ3n) is 2.24. The van der Waals surface area contributed by atoms with Crippen LogP contribution in [0.1, 0.15) is 11.1 Å². The summed E-state index contributed by atoms with van der Waals surface area (Å²) in [5.74, 6) is 12.1. The molecule has 0 saturated carbocycles. The molecule has 5 N–H and O–H groups in total. The Balaban J connectivity index is 2.05. The van der Waals surface area contributed by atoms with Crippen LogP contribution in [0.5, 0.6) is 0 Å². The van der Waals surface area contributed by atoms with Gasteiger partial charge in [0, 0.05) is 5.75 Å². The van der Waals surface area contributed by atoms with Crippen LogP contribution in [0.2, 0.25) is 0 Å². The van der Waals surface area contributed by atoms with Crippen LogP contribution in [0, 0.1) is 6.92 Å². The largest absolute Gasteiger partial charge is 0.334 e. The number of hydrogen-bond donors (Lipinski definition) is 3. The number of nitrogens with one attached hydrogen (secondary N) is 1. The number of nitrogens with zero attached hydrogens (tertiary/aromatic N) is 3. The Morgan fingerprint density at radius 1 is 1.41 bits per heavy atom. The number of hydrazine groups is 1. The number of aryl methyl sites for hydroxylation is 1.